The zero-order valence-corrected chi connectivity index (χ0v) is 15.4. The van der Waals surface area contributed by atoms with Crippen LogP contribution in [0.2, 0.25) is 10.0 Å². The first-order chi connectivity index (χ1) is 11.2. The maximum absolute atomic E-state index is 12.5. The Balaban J connectivity index is 1.99. The molecule has 9 heteroatoms. The van der Waals surface area contributed by atoms with E-state index in [0.29, 0.717) is 23.6 Å². The van der Waals surface area contributed by atoms with Crippen LogP contribution in [0.5, 0.6) is 0 Å². The van der Waals surface area contributed by atoms with Crippen molar-refractivity contribution in [1.82, 2.24) is 10.2 Å². The first kappa shape index (κ1) is 19.0. The Morgan fingerprint density at radius 3 is 2.54 bits per heavy atom. The highest BCUT2D eigenvalue weighted by Gasteiger charge is 2.29. The van der Waals surface area contributed by atoms with E-state index in [9.17, 15) is 18.0 Å². The number of nitrogens with one attached hydrogen (secondary N) is 1. The molecule has 0 aliphatic carbocycles. The molecule has 0 saturated carbocycles. The highest BCUT2D eigenvalue weighted by molar-refractivity contribution is 7.91. The van der Waals surface area contributed by atoms with E-state index in [4.69, 9.17) is 23.2 Å². The smallest absolute Gasteiger partial charge is 0.254 e. The van der Waals surface area contributed by atoms with E-state index in [1.165, 1.54) is 17.0 Å². The van der Waals surface area contributed by atoms with Gasteiger partial charge in [0.05, 0.1) is 28.1 Å². The molecule has 0 spiro atoms. The molecule has 0 radical (unpaired) electrons. The Bertz CT molecular complexity index is 752. The molecule has 132 valence electrons. The van der Waals surface area contributed by atoms with Crippen LogP contribution in [-0.4, -0.2) is 55.8 Å². The van der Waals surface area contributed by atoms with E-state index in [-0.39, 0.29) is 40.9 Å². The third-order valence-electron chi connectivity index (χ3n) is 3.77. The third-order valence-corrected chi connectivity index (χ3v) is 6.27. The highest BCUT2D eigenvalue weighted by Crippen LogP contribution is 2.23. The van der Waals surface area contributed by atoms with Gasteiger partial charge in [0.2, 0.25) is 5.91 Å². The van der Waals surface area contributed by atoms with Gasteiger partial charge in [-0.3, -0.25) is 9.59 Å². The predicted octanol–water partition coefficient (Wildman–Crippen LogP) is 1.76. The molecular weight excluding hydrogens is 375 g/mol. The predicted molar refractivity (Wildman–Crippen MR) is 93.2 cm³/mol. The SMILES string of the molecule is CCN(CC(=O)N[C@H]1CCS(=O)(=O)C1)C(=O)c1ccc(Cl)c(Cl)c1. The third kappa shape index (κ3) is 4.84. The molecule has 24 heavy (non-hydrogen) atoms. The summed E-state index contributed by atoms with van der Waals surface area (Å²) in [6, 6.07) is 4.13. The molecule has 1 aliphatic heterocycles. The number of likely N-dealkylation sites (N-methyl/N-ethyl adjacent to an activating group) is 1. The molecule has 1 saturated heterocycles. The molecule has 1 aromatic carbocycles. The van der Waals surface area contributed by atoms with Crippen molar-refractivity contribution >= 4 is 44.9 Å². The number of benzene rings is 1. The van der Waals surface area contributed by atoms with Gasteiger partial charge in [0, 0.05) is 18.2 Å². The number of nitrogens with zero attached hydrogens (tertiary/aromatic N) is 1. The van der Waals surface area contributed by atoms with Crippen molar-refractivity contribution in [2.75, 3.05) is 24.6 Å². The maximum atomic E-state index is 12.5. The fraction of sp³-hybridized carbons (Fsp3) is 0.467. The number of carbonyl (C=O) groups excluding carboxylic acids is 2. The van der Waals surface area contributed by atoms with E-state index in [2.05, 4.69) is 5.32 Å². The molecule has 0 bridgehead atoms. The molecule has 1 aromatic rings. The standard InChI is InChI=1S/C15H18Cl2N2O4S/c1-2-19(15(21)10-3-4-12(16)13(17)7-10)8-14(20)18-11-5-6-24(22,23)9-11/h3-4,7,11H,2,5-6,8-9H2,1H3,(H,18,20)/t11-/m0/s1. The monoisotopic (exact) mass is 392 g/mol. The van der Waals surface area contributed by atoms with Crippen molar-refractivity contribution in [3.63, 3.8) is 0 Å². The largest absolute Gasteiger partial charge is 0.351 e. The molecule has 1 fully saturated rings. The molecular formula is C15H18Cl2N2O4S. The van der Waals surface area contributed by atoms with Crippen molar-refractivity contribution in [3.8, 4) is 0 Å². The molecule has 6 nitrogen and oxygen atoms in total. The maximum Gasteiger partial charge on any atom is 0.254 e. The van der Waals surface area contributed by atoms with E-state index < -0.39 is 9.84 Å². The molecule has 1 atom stereocenters. The van der Waals surface area contributed by atoms with Gasteiger partial charge in [-0.2, -0.15) is 0 Å². The van der Waals surface area contributed by atoms with E-state index >= 15 is 0 Å². The second-order valence-corrected chi connectivity index (χ2v) is 8.66. The summed E-state index contributed by atoms with van der Waals surface area (Å²) in [5.41, 5.74) is 0.336. The molecule has 2 amide bonds. The van der Waals surface area contributed by atoms with Gasteiger partial charge >= 0.3 is 0 Å². The first-order valence-corrected chi connectivity index (χ1v) is 10.0. The Kier molecular flexibility index (Phi) is 6.11. The summed E-state index contributed by atoms with van der Waals surface area (Å²) in [6.45, 7) is 1.93. The lowest BCUT2D eigenvalue weighted by Crippen LogP contribution is -2.44. The quantitative estimate of drug-likeness (QED) is 0.827. The van der Waals surface area contributed by atoms with Gasteiger partial charge in [0.25, 0.3) is 5.91 Å². The Morgan fingerprint density at radius 1 is 1.29 bits per heavy atom. The van der Waals surface area contributed by atoms with Gasteiger partial charge < -0.3 is 10.2 Å². The minimum Gasteiger partial charge on any atom is -0.351 e. The molecule has 0 unspecified atom stereocenters. The number of halogens is 2. The number of hydrogen-bond acceptors (Lipinski definition) is 4. The van der Waals surface area contributed by atoms with Crippen molar-refractivity contribution in [2.24, 2.45) is 0 Å². The van der Waals surface area contributed by atoms with Crippen molar-refractivity contribution < 1.29 is 18.0 Å². The zero-order chi connectivity index (χ0) is 17.9. The molecule has 1 N–H and O–H groups in total. The summed E-state index contributed by atoms with van der Waals surface area (Å²) in [4.78, 5) is 25.9. The fourth-order valence-electron chi connectivity index (χ4n) is 2.49. The van der Waals surface area contributed by atoms with Gasteiger partial charge in [0.15, 0.2) is 9.84 Å². The Hall–Kier alpha value is -1.31. The Labute approximate surface area is 151 Å². The number of carbonyl (C=O) groups is 2. The summed E-state index contributed by atoms with van der Waals surface area (Å²) in [5.74, 6) is -0.693. The van der Waals surface area contributed by atoms with Crippen LogP contribution >= 0.6 is 23.2 Å². The summed E-state index contributed by atoms with van der Waals surface area (Å²) in [7, 11) is -3.07. The van der Waals surface area contributed by atoms with Crippen LogP contribution in [0.15, 0.2) is 18.2 Å². The van der Waals surface area contributed by atoms with Gasteiger partial charge in [-0.15, -0.1) is 0 Å². The van der Waals surface area contributed by atoms with Crippen LogP contribution in [0.3, 0.4) is 0 Å². The van der Waals surface area contributed by atoms with Gasteiger partial charge in [0.1, 0.15) is 0 Å². The zero-order valence-electron chi connectivity index (χ0n) is 13.1. The normalized spacial score (nSPS) is 19.0. The van der Waals surface area contributed by atoms with E-state index in [1.54, 1.807) is 13.0 Å². The topological polar surface area (TPSA) is 83.6 Å². The van der Waals surface area contributed by atoms with Gasteiger partial charge in [-0.1, -0.05) is 23.2 Å². The minimum atomic E-state index is -3.07. The highest BCUT2D eigenvalue weighted by atomic mass is 35.5. The number of sulfone groups is 1. The van der Waals surface area contributed by atoms with Crippen LogP contribution in [0.1, 0.15) is 23.7 Å². The Morgan fingerprint density at radius 2 is 2.00 bits per heavy atom. The summed E-state index contributed by atoms with van der Waals surface area (Å²) in [6.07, 6.45) is 0.404. The number of amides is 2. The minimum absolute atomic E-state index is 0.0500. The van der Waals surface area contributed by atoms with E-state index in [1.807, 2.05) is 0 Å². The molecule has 1 heterocycles. The lowest BCUT2D eigenvalue weighted by molar-refractivity contribution is -0.122. The van der Waals surface area contributed by atoms with E-state index in [0.717, 1.165) is 0 Å². The van der Waals surface area contributed by atoms with Gasteiger partial charge in [-0.05, 0) is 31.5 Å². The lowest BCUT2D eigenvalue weighted by Gasteiger charge is -2.21. The number of rotatable bonds is 5. The number of hydrogen-bond donors (Lipinski definition) is 1. The average molecular weight is 393 g/mol. The van der Waals surface area contributed by atoms with Crippen LogP contribution in [0, 0.1) is 0 Å². The van der Waals surface area contributed by atoms with Crippen LogP contribution < -0.4 is 5.32 Å². The summed E-state index contributed by atoms with van der Waals surface area (Å²) >= 11 is 11.7. The molecule has 1 aliphatic rings. The molecule has 2 rings (SSSR count). The fourth-order valence-corrected chi connectivity index (χ4v) is 4.47. The van der Waals surface area contributed by atoms with Crippen molar-refractivity contribution in [1.29, 1.82) is 0 Å². The summed E-state index contributed by atoms with van der Waals surface area (Å²) < 4.78 is 22.8. The lowest BCUT2D eigenvalue weighted by atomic mass is 10.2. The average Bonchev–Trinajstić information content (AvgIpc) is 2.85. The molecule has 0 aromatic heterocycles. The van der Waals surface area contributed by atoms with Crippen LogP contribution in [0.4, 0.5) is 0 Å². The summed E-state index contributed by atoms with van der Waals surface area (Å²) in [5, 5.41) is 3.27. The van der Waals surface area contributed by atoms with Crippen molar-refractivity contribution in [3.05, 3.63) is 33.8 Å². The second-order valence-electron chi connectivity index (χ2n) is 5.62. The van der Waals surface area contributed by atoms with Gasteiger partial charge in [-0.25, -0.2) is 8.42 Å². The second kappa shape index (κ2) is 7.72. The van der Waals surface area contributed by atoms with Crippen LogP contribution in [-0.2, 0) is 14.6 Å². The van der Waals surface area contributed by atoms with Crippen molar-refractivity contribution in [2.45, 2.75) is 19.4 Å². The van der Waals surface area contributed by atoms with Crippen LogP contribution in [0.25, 0.3) is 0 Å². The first-order valence-electron chi connectivity index (χ1n) is 7.46.